The molecule has 0 aliphatic heterocycles. The van der Waals surface area contributed by atoms with Gasteiger partial charge in [0.1, 0.15) is 6.54 Å². The summed E-state index contributed by atoms with van der Waals surface area (Å²) in [5, 5.41) is 14.5. The van der Waals surface area contributed by atoms with Gasteiger partial charge in [0.2, 0.25) is 5.88 Å². The maximum absolute atomic E-state index is 12.7. The molecule has 0 saturated heterocycles. The maximum Gasteiger partial charge on any atom is 0.408 e. The highest BCUT2D eigenvalue weighted by Gasteiger charge is 2.28. The predicted octanol–water partition coefficient (Wildman–Crippen LogP) is 4.16. The average Bonchev–Trinajstić information content (AvgIpc) is 3.30. The number of hydrogen-bond acceptors (Lipinski definition) is 6. The van der Waals surface area contributed by atoms with Gasteiger partial charge < -0.3 is 14.6 Å². The molecular weight excluding hydrogens is 441 g/mol. The van der Waals surface area contributed by atoms with Crippen LogP contribution >= 0.6 is 0 Å². The summed E-state index contributed by atoms with van der Waals surface area (Å²) in [7, 11) is 1.26. The molecule has 0 bridgehead atoms. The van der Waals surface area contributed by atoms with Crippen molar-refractivity contribution in [3.63, 3.8) is 0 Å². The number of halogens is 5. The van der Waals surface area contributed by atoms with Crippen molar-refractivity contribution in [1.82, 2.24) is 24.3 Å². The first-order chi connectivity index (χ1) is 15.1. The molecule has 0 unspecified atom stereocenters. The Morgan fingerprint density at radius 1 is 1.16 bits per heavy atom. The van der Waals surface area contributed by atoms with Crippen LogP contribution in [0.5, 0.6) is 17.5 Å². The summed E-state index contributed by atoms with van der Waals surface area (Å²) in [6.45, 7) is -4.36. The molecule has 0 aromatic carbocycles. The van der Waals surface area contributed by atoms with Crippen molar-refractivity contribution < 1.29 is 36.5 Å². The Balaban J connectivity index is 1.70. The normalized spacial score (nSPS) is 12.0. The third-order valence-corrected chi connectivity index (χ3v) is 4.41. The van der Waals surface area contributed by atoms with E-state index in [1.54, 1.807) is 0 Å². The van der Waals surface area contributed by atoms with E-state index in [1.165, 1.54) is 48.5 Å². The van der Waals surface area contributed by atoms with Crippen molar-refractivity contribution in [3.05, 3.63) is 43.0 Å². The van der Waals surface area contributed by atoms with Gasteiger partial charge in [-0.2, -0.15) is 27.1 Å². The molecule has 0 amide bonds. The van der Waals surface area contributed by atoms with Gasteiger partial charge in [0.05, 0.1) is 35.6 Å². The van der Waals surface area contributed by atoms with Gasteiger partial charge in [-0.3, -0.25) is 9.25 Å². The summed E-state index contributed by atoms with van der Waals surface area (Å²) in [5.74, 6) is -0.658. The summed E-state index contributed by atoms with van der Waals surface area (Å²) in [4.78, 5) is 8.31. The number of nitrogens with zero attached hydrogens (tertiary/aromatic N) is 5. The van der Waals surface area contributed by atoms with E-state index in [0.29, 0.717) is 26.8 Å². The molecule has 0 radical (unpaired) electrons. The Labute approximate surface area is 176 Å². The molecule has 4 heterocycles. The van der Waals surface area contributed by atoms with Crippen molar-refractivity contribution in [2.45, 2.75) is 19.3 Å². The lowest BCUT2D eigenvalue weighted by molar-refractivity contribution is -0.142. The van der Waals surface area contributed by atoms with E-state index in [2.05, 4.69) is 19.8 Å². The number of ether oxygens (including phenoxy) is 2. The third-order valence-electron chi connectivity index (χ3n) is 4.41. The number of aromatic nitrogens is 5. The van der Waals surface area contributed by atoms with Crippen LogP contribution in [0.1, 0.15) is 0 Å². The Morgan fingerprint density at radius 3 is 2.62 bits per heavy atom. The minimum atomic E-state index is -4.44. The minimum absolute atomic E-state index is 0.130. The summed E-state index contributed by atoms with van der Waals surface area (Å²) in [6.07, 6.45) is 0.628. The standard InChI is InChI=1S/C19H14F5N5O3/c1-31-16-15(32-18(20)21)4-10(5-25-16)13-3-2-12-14(27-13)8-29(17(12)30)11-6-26-28(7-11)9-19(22,23)24/h2-8,18,30H,9H2,1H3. The molecule has 0 saturated carbocycles. The maximum atomic E-state index is 12.7. The van der Waals surface area contributed by atoms with Crippen LogP contribution in [0.15, 0.2) is 43.0 Å². The van der Waals surface area contributed by atoms with E-state index < -0.39 is 19.3 Å². The first kappa shape index (κ1) is 21.3. The Hall–Kier alpha value is -3.90. The number of rotatable bonds is 6. The Bertz CT molecular complexity index is 1270. The lowest BCUT2D eigenvalue weighted by atomic mass is 10.1. The third kappa shape index (κ3) is 4.26. The summed E-state index contributed by atoms with van der Waals surface area (Å²) in [5.41, 5.74) is 1.17. The van der Waals surface area contributed by atoms with E-state index in [9.17, 15) is 27.1 Å². The molecule has 0 aliphatic rings. The van der Waals surface area contributed by atoms with Gasteiger partial charge >= 0.3 is 12.8 Å². The fourth-order valence-corrected chi connectivity index (χ4v) is 3.09. The second-order valence-electron chi connectivity index (χ2n) is 6.57. The van der Waals surface area contributed by atoms with Gasteiger partial charge in [0, 0.05) is 24.2 Å². The SMILES string of the molecule is COc1ncc(-c2ccc3c(O)n(-c4cnn(CC(F)(F)F)c4)cc3n2)cc1OC(F)F. The highest BCUT2D eigenvalue weighted by atomic mass is 19.4. The number of hydrogen-bond donors (Lipinski definition) is 1. The molecule has 0 atom stereocenters. The number of pyridine rings is 2. The number of methoxy groups -OCH3 is 1. The van der Waals surface area contributed by atoms with Crippen LogP contribution in [0.2, 0.25) is 0 Å². The van der Waals surface area contributed by atoms with Crippen LogP contribution in [0.4, 0.5) is 22.0 Å². The molecule has 4 aromatic heterocycles. The van der Waals surface area contributed by atoms with E-state index in [-0.39, 0.29) is 23.2 Å². The van der Waals surface area contributed by atoms with Gasteiger partial charge in [-0.1, -0.05) is 0 Å². The average molecular weight is 455 g/mol. The van der Waals surface area contributed by atoms with Gasteiger partial charge in [0.15, 0.2) is 5.75 Å². The summed E-state index contributed by atoms with van der Waals surface area (Å²) < 4.78 is 74.3. The fourth-order valence-electron chi connectivity index (χ4n) is 3.09. The fraction of sp³-hybridized carbons (Fsp3) is 0.211. The van der Waals surface area contributed by atoms with Gasteiger partial charge in [-0.15, -0.1) is 0 Å². The lowest BCUT2D eigenvalue weighted by Gasteiger charge is -2.10. The zero-order valence-corrected chi connectivity index (χ0v) is 16.2. The van der Waals surface area contributed by atoms with Crippen LogP contribution in [0, 0.1) is 0 Å². The molecule has 0 aliphatic carbocycles. The van der Waals surface area contributed by atoms with Crippen molar-refractivity contribution in [3.8, 4) is 34.5 Å². The minimum Gasteiger partial charge on any atom is -0.494 e. The molecule has 0 fully saturated rings. The first-order valence-electron chi connectivity index (χ1n) is 8.94. The van der Waals surface area contributed by atoms with Crippen LogP contribution in [0.25, 0.3) is 27.8 Å². The molecular formula is C19H14F5N5O3. The van der Waals surface area contributed by atoms with E-state index in [0.717, 1.165) is 6.20 Å². The van der Waals surface area contributed by atoms with Crippen LogP contribution in [-0.2, 0) is 6.54 Å². The second-order valence-corrected chi connectivity index (χ2v) is 6.57. The van der Waals surface area contributed by atoms with Crippen molar-refractivity contribution in [1.29, 1.82) is 0 Å². The molecule has 168 valence electrons. The Kier molecular flexibility index (Phi) is 5.32. The van der Waals surface area contributed by atoms with E-state index >= 15 is 0 Å². The number of fused-ring (bicyclic) bond motifs is 1. The zero-order valence-electron chi connectivity index (χ0n) is 16.2. The highest BCUT2D eigenvalue weighted by molar-refractivity contribution is 5.87. The predicted molar refractivity (Wildman–Crippen MR) is 101 cm³/mol. The molecule has 1 N–H and O–H groups in total. The summed E-state index contributed by atoms with van der Waals surface area (Å²) >= 11 is 0. The van der Waals surface area contributed by atoms with Gasteiger partial charge in [-0.25, -0.2) is 9.97 Å². The molecule has 0 spiro atoms. The number of alkyl halides is 5. The van der Waals surface area contributed by atoms with Crippen LogP contribution in [0.3, 0.4) is 0 Å². The second kappa shape index (κ2) is 7.98. The largest absolute Gasteiger partial charge is 0.494 e. The van der Waals surface area contributed by atoms with Crippen molar-refractivity contribution in [2.75, 3.05) is 7.11 Å². The molecule has 4 aromatic rings. The molecule has 32 heavy (non-hydrogen) atoms. The first-order valence-corrected chi connectivity index (χ1v) is 8.94. The van der Waals surface area contributed by atoms with Crippen molar-refractivity contribution >= 4 is 10.9 Å². The smallest absolute Gasteiger partial charge is 0.408 e. The van der Waals surface area contributed by atoms with E-state index in [1.807, 2.05) is 0 Å². The Morgan fingerprint density at radius 2 is 1.94 bits per heavy atom. The van der Waals surface area contributed by atoms with Crippen molar-refractivity contribution in [2.24, 2.45) is 0 Å². The molecule has 4 rings (SSSR count). The quantitative estimate of drug-likeness (QED) is 0.440. The molecule has 8 nitrogen and oxygen atoms in total. The molecule has 13 heteroatoms. The van der Waals surface area contributed by atoms with Crippen LogP contribution < -0.4 is 9.47 Å². The zero-order chi connectivity index (χ0) is 23.0. The van der Waals surface area contributed by atoms with Gasteiger partial charge in [-0.05, 0) is 18.2 Å². The summed E-state index contributed by atoms with van der Waals surface area (Å²) in [6, 6.07) is 4.33. The number of aromatic hydroxyl groups is 1. The van der Waals surface area contributed by atoms with E-state index in [4.69, 9.17) is 4.74 Å². The monoisotopic (exact) mass is 455 g/mol. The lowest BCUT2D eigenvalue weighted by Crippen LogP contribution is -2.17. The van der Waals surface area contributed by atoms with Gasteiger partial charge in [0.25, 0.3) is 5.88 Å². The topological polar surface area (TPSA) is 87.2 Å². The van der Waals surface area contributed by atoms with Crippen LogP contribution in [-0.4, -0.2) is 49.3 Å². The highest BCUT2D eigenvalue weighted by Crippen LogP contribution is 2.34.